The van der Waals surface area contributed by atoms with Crippen molar-refractivity contribution in [2.24, 2.45) is 0 Å². The van der Waals surface area contributed by atoms with Gasteiger partial charge in [-0.15, -0.1) is 0 Å². The van der Waals surface area contributed by atoms with Crippen LogP contribution in [0.25, 0.3) is 0 Å². The molecule has 2 rings (SSSR count). The van der Waals surface area contributed by atoms with Gasteiger partial charge in [0.1, 0.15) is 0 Å². The van der Waals surface area contributed by atoms with Gasteiger partial charge in [-0.3, -0.25) is 4.79 Å². The van der Waals surface area contributed by atoms with Crippen LogP contribution < -0.4 is 5.46 Å². The fraction of sp³-hybridized carbons (Fsp3) is 0.562. The van der Waals surface area contributed by atoms with Gasteiger partial charge in [-0.05, 0) is 45.3 Å². The van der Waals surface area contributed by atoms with Gasteiger partial charge in [0.15, 0.2) is 0 Å². The molecular formula is C16H23BClNO4. The highest BCUT2D eigenvalue weighted by molar-refractivity contribution is 6.62. The molecule has 23 heavy (non-hydrogen) atoms. The van der Waals surface area contributed by atoms with Gasteiger partial charge in [-0.25, -0.2) is 0 Å². The molecule has 1 amide bonds. The highest BCUT2D eigenvalue weighted by atomic mass is 35.5. The van der Waals surface area contributed by atoms with Crippen molar-refractivity contribution >= 4 is 30.1 Å². The van der Waals surface area contributed by atoms with Gasteiger partial charge in [0.05, 0.1) is 28.4 Å². The molecule has 1 aromatic carbocycles. The topological polar surface area (TPSA) is 59.0 Å². The molecule has 1 aliphatic heterocycles. The van der Waals surface area contributed by atoms with Crippen LogP contribution in [0.3, 0.4) is 0 Å². The van der Waals surface area contributed by atoms with E-state index in [1.807, 2.05) is 27.7 Å². The summed E-state index contributed by atoms with van der Waals surface area (Å²) in [6, 6.07) is 5.16. The third-order valence-electron chi connectivity index (χ3n) is 4.53. The maximum atomic E-state index is 12.4. The molecule has 1 N–H and O–H groups in total. The van der Waals surface area contributed by atoms with Gasteiger partial charge in [-0.1, -0.05) is 17.7 Å². The number of carbonyl (C=O) groups is 1. The molecule has 0 aromatic heterocycles. The van der Waals surface area contributed by atoms with Crippen molar-refractivity contribution in [2.45, 2.75) is 38.9 Å². The van der Waals surface area contributed by atoms with Crippen LogP contribution in [0.15, 0.2) is 18.2 Å². The van der Waals surface area contributed by atoms with E-state index in [9.17, 15) is 4.79 Å². The maximum Gasteiger partial charge on any atom is 0.494 e. The van der Waals surface area contributed by atoms with Crippen molar-refractivity contribution in [3.8, 4) is 0 Å². The van der Waals surface area contributed by atoms with Crippen molar-refractivity contribution in [1.82, 2.24) is 4.90 Å². The zero-order chi connectivity index (χ0) is 17.4. The predicted octanol–water partition coefficient (Wildman–Crippen LogP) is 1.70. The van der Waals surface area contributed by atoms with Crippen molar-refractivity contribution in [1.29, 1.82) is 0 Å². The number of benzene rings is 1. The zero-order valence-electron chi connectivity index (χ0n) is 14.2. The number of hydrogen-bond donors (Lipinski definition) is 1. The second kappa shape index (κ2) is 6.44. The number of likely N-dealkylation sites (N-methyl/N-ethyl adjacent to an activating group) is 1. The van der Waals surface area contributed by atoms with Gasteiger partial charge in [0.2, 0.25) is 0 Å². The molecule has 1 fully saturated rings. The van der Waals surface area contributed by atoms with Crippen LogP contribution in [0.5, 0.6) is 0 Å². The van der Waals surface area contributed by atoms with Crippen molar-refractivity contribution in [3.63, 3.8) is 0 Å². The monoisotopic (exact) mass is 339 g/mol. The number of carbonyl (C=O) groups excluding carboxylic acids is 1. The minimum Gasteiger partial charge on any atom is -0.399 e. The number of halogens is 1. The number of nitrogens with zero attached hydrogens (tertiary/aromatic N) is 1. The molecule has 1 aromatic rings. The molecule has 126 valence electrons. The minimum atomic E-state index is -0.549. The van der Waals surface area contributed by atoms with E-state index < -0.39 is 18.3 Å². The highest BCUT2D eigenvalue weighted by Gasteiger charge is 2.51. The van der Waals surface area contributed by atoms with E-state index in [0.717, 1.165) is 5.46 Å². The average Bonchev–Trinajstić information content (AvgIpc) is 2.67. The normalized spacial score (nSPS) is 19.0. The maximum absolute atomic E-state index is 12.4. The predicted molar refractivity (Wildman–Crippen MR) is 91.2 cm³/mol. The fourth-order valence-corrected chi connectivity index (χ4v) is 2.49. The van der Waals surface area contributed by atoms with E-state index >= 15 is 0 Å². The molecule has 5 nitrogen and oxygen atoms in total. The molecule has 0 unspecified atom stereocenters. The first-order valence-electron chi connectivity index (χ1n) is 7.60. The van der Waals surface area contributed by atoms with E-state index in [1.54, 1.807) is 25.2 Å². The molecule has 0 spiro atoms. The quantitative estimate of drug-likeness (QED) is 0.848. The Morgan fingerprint density at radius 3 is 2.35 bits per heavy atom. The van der Waals surface area contributed by atoms with E-state index in [4.69, 9.17) is 26.0 Å². The molecule has 1 aliphatic rings. The number of rotatable bonds is 4. The van der Waals surface area contributed by atoms with Crippen molar-refractivity contribution in [2.75, 3.05) is 20.2 Å². The Morgan fingerprint density at radius 1 is 1.26 bits per heavy atom. The number of amides is 1. The molecule has 0 aliphatic carbocycles. The number of hydrogen-bond acceptors (Lipinski definition) is 4. The third kappa shape index (κ3) is 3.55. The lowest BCUT2D eigenvalue weighted by atomic mass is 9.78. The minimum absolute atomic E-state index is 0.100. The van der Waals surface area contributed by atoms with Gasteiger partial charge in [-0.2, -0.15) is 0 Å². The lowest BCUT2D eigenvalue weighted by Gasteiger charge is -2.32. The van der Waals surface area contributed by atoms with E-state index in [0.29, 0.717) is 10.6 Å². The smallest absolute Gasteiger partial charge is 0.399 e. The summed E-state index contributed by atoms with van der Waals surface area (Å²) in [7, 11) is 1.07. The summed E-state index contributed by atoms with van der Waals surface area (Å²) in [6.07, 6.45) is 0. The van der Waals surface area contributed by atoms with Crippen LogP contribution in [0, 0.1) is 0 Å². The Bertz CT molecular complexity index is 590. The van der Waals surface area contributed by atoms with Crippen LogP contribution in [0.1, 0.15) is 38.1 Å². The Labute approximate surface area is 142 Å². The van der Waals surface area contributed by atoms with Crippen LogP contribution in [0.4, 0.5) is 0 Å². The lowest BCUT2D eigenvalue weighted by molar-refractivity contribution is 0.00578. The van der Waals surface area contributed by atoms with E-state index in [1.165, 1.54) is 4.90 Å². The summed E-state index contributed by atoms with van der Waals surface area (Å²) in [6.45, 7) is 8.05. The summed E-state index contributed by atoms with van der Waals surface area (Å²) in [5.41, 5.74) is 0.216. The molecule has 0 bridgehead atoms. The van der Waals surface area contributed by atoms with Crippen LogP contribution in [0.2, 0.25) is 5.02 Å². The Hall–Kier alpha value is -1.08. The first-order chi connectivity index (χ1) is 10.6. The van der Waals surface area contributed by atoms with Crippen molar-refractivity contribution in [3.05, 3.63) is 28.8 Å². The average molecular weight is 340 g/mol. The standard InChI is InChI=1S/C16H23BClNO4/c1-15(2)16(3,4)23-17(22-15)11-6-7-13(18)12(10-11)14(21)19(5)8-9-20/h6-7,10,20H,8-9H2,1-5H3. The highest BCUT2D eigenvalue weighted by Crippen LogP contribution is 2.36. The van der Waals surface area contributed by atoms with E-state index in [2.05, 4.69) is 0 Å². The summed E-state index contributed by atoms with van der Waals surface area (Å²) < 4.78 is 12.0. The van der Waals surface area contributed by atoms with Crippen LogP contribution >= 0.6 is 11.6 Å². The molecule has 7 heteroatoms. The Balaban J connectivity index is 2.30. The zero-order valence-corrected chi connectivity index (χ0v) is 15.0. The summed E-state index contributed by atoms with van der Waals surface area (Å²) in [5.74, 6) is -0.248. The van der Waals surface area contributed by atoms with Crippen molar-refractivity contribution < 1.29 is 19.2 Å². The molecular weight excluding hydrogens is 316 g/mol. The van der Waals surface area contributed by atoms with Gasteiger partial charge >= 0.3 is 7.12 Å². The second-order valence-corrected chi connectivity index (χ2v) is 7.19. The van der Waals surface area contributed by atoms with Gasteiger partial charge in [0.25, 0.3) is 5.91 Å². The Kier molecular flexibility index (Phi) is 5.11. The summed E-state index contributed by atoms with van der Waals surface area (Å²) in [4.78, 5) is 13.9. The lowest BCUT2D eigenvalue weighted by Crippen LogP contribution is -2.41. The first kappa shape index (κ1) is 18.3. The molecule has 1 heterocycles. The molecule has 0 radical (unpaired) electrons. The SMILES string of the molecule is CN(CCO)C(=O)c1cc(B2OC(C)(C)C(C)(C)O2)ccc1Cl. The largest absolute Gasteiger partial charge is 0.494 e. The second-order valence-electron chi connectivity index (χ2n) is 6.78. The summed E-state index contributed by atoms with van der Waals surface area (Å²) >= 11 is 6.16. The van der Waals surface area contributed by atoms with Gasteiger partial charge in [0, 0.05) is 13.6 Å². The molecule has 1 saturated heterocycles. The molecule has 0 saturated carbocycles. The Morgan fingerprint density at radius 2 is 1.83 bits per heavy atom. The summed E-state index contributed by atoms with van der Waals surface area (Å²) in [5, 5.41) is 9.34. The first-order valence-corrected chi connectivity index (χ1v) is 7.98. The molecule has 0 atom stereocenters. The van der Waals surface area contributed by atoms with Crippen LogP contribution in [-0.4, -0.2) is 54.4 Å². The number of aliphatic hydroxyl groups excluding tert-OH is 1. The van der Waals surface area contributed by atoms with Gasteiger partial charge < -0.3 is 19.3 Å². The fourth-order valence-electron chi connectivity index (χ4n) is 2.29. The third-order valence-corrected chi connectivity index (χ3v) is 4.86. The van der Waals surface area contributed by atoms with Crippen LogP contribution in [-0.2, 0) is 9.31 Å². The van der Waals surface area contributed by atoms with E-state index in [-0.39, 0.29) is 19.1 Å². The number of aliphatic hydroxyl groups is 1.